The molecule has 0 aromatic carbocycles. The summed E-state index contributed by atoms with van der Waals surface area (Å²) in [5.41, 5.74) is 0.741. The predicted octanol–water partition coefficient (Wildman–Crippen LogP) is 1.39. The standard InChI is InChI=1S/C11H12N4O3S/c1-6(16)9-8(10(17)18)14-11(19-9)12-3-7-4-13-15(2)5-7/h4-5H,3H2,1-2H3,(H,12,14)(H,17,18). The van der Waals surface area contributed by atoms with Gasteiger partial charge < -0.3 is 10.4 Å². The van der Waals surface area contributed by atoms with Crippen LogP contribution in [0.1, 0.15) is 32.6 Å². The van der Waals surface area contributed by atoms with E-state index in [1.54, 1.807) is 10.9 Å². The summed E-state index contributed by atoms with van der Waals surface area (Å²) in [4.78, 5) is 26.4. The summed E-state index contributed by atoms with van der Waals surface area (Å²) in [5, 5.41) is 16.4. The molecule has 2 heterocycles. The molecule has 0 bridgehead atoms. The predicted molar refractivity (Wildman–Crippen MR) is 69.6 cm³/mol. The molecule has 0 fully saturated rings. The van der Waals surface area contributed by atoms with Crippen molar-refractivity contribution in [2.45, 2.75) is 13.5 Å². The van der Waals surface area contributed by atoms with Crippen LogP contribution >= 0.6 is 11.3 Å². The number of carbonyl (C=O) groups excluding carboxylic acids is 1. The van der Waals surface area contributed by atoms with E-state index in [4.69, 9.17) is 5.11 Å². The average molecular weight is 280 g/mol. The monoisotopic (exact) mass is 280 g/mol. The molecular weight excluding hydrogens is 268 g/mol. The molecule has 0 unspecified atom stereocenters. The zero-order valence-electron chi connectivity index (χ0n) is 10.4. The van der Waals surface area contributed by atoms with E-state index in [-0.39, 0.29) is 16.4 Å². The van der Waals surface area contributed by atoms with Crippen molar-refractivity contribution < 1.29 is 14.7 Å². The molecule has 7 nitrogen and oxygen atoms in total. The van der Waals surface area contributed by atoms with Gasteiger partial charge in [-0.1, -0.05) is 11.3 Å². The Balaban J connectivity index is 2.15. The molecule has 2 rings (SSSR count). The number of anilines is 1. The summed E-state index contributed by atoms with van der Waals surface area (Å²) >= 11 is 1.04. The number of thiazole rings is 1. The lowest BCUT2D eigenvalue weighted by molar-refractivity contribution is 0.0687. The third-order valence-electron chi connectivity index (χ3n) is 2.35. The highest BCUT2D eigenvalue weighted by Crippen LogP contribution is 2.24. The van der Waals surface area contributed by atoms with E-state index in [2.05, 4.69) is 15.4 Å². The first-order valence-electron chi connectivity index (χ1n) is 5.44. The molecule has 0 aliphatic rings. The Morgan fingerprint density at radius 2 is 2.26 bits per heavy atom. The number of aromatic carboxylic acids is 1. The maximum Gasteiger partial charge on any atom is 0.356 e. The van der Waals surface area contributed by atoms with Crippen molar-refractivity contribution in [2.24, 2.45) is 7.05 Å². The van der Waals surface area contributed by atoms with Gasteiger partial charge in [-0.05, 0) is 0 Å². The van der Waals surface area contributed by atoms with Crippen LogP contribution in [0.25, 0.3) is 0 Å². The van der Waals surface area contributed by atoms with Crippen LogP contribution in [-0.2, 0) is 13.6 Å². The number of nitrogens with zero attached hydrogens (tertiary/aromatic N) is 3. The fourth-order valence-corrected chi connectivity index (χ4v) is 2.37. The number of aryl methyl sites for hydroxylation is 1. The number of hydrogen-bond acceptors (Lipinski definition) is 6. The largest absolute Gasteiger partial charge is 0.476 e. The van der Waals surface area contributed by atoms with Gasteiger partial charge in [0, 0.05) is 32.3 Å². The Hall–Kier alpha value is -2.22. The van der Waals surface area contributed by atoms with E-state index >= 15 is 0 Å². The molecule has 0 saturated heterocycles. The first-order valence-corrected chi connectivity index (χ1v) is 6.25. The van der Waals surface area contributed by atoms with Gasteiger partial charge in [0.05, 0.1) is 6.20 Å². The van der Waals surface area contributed by atoms with E-state index in [9.17, 15) is 9.59 Å². The second-order valence-electron chi connectivity index (χ2n) is 3.93. The van der Waals surface area contributed by atoms with Crippen LogP contribution in [0.2, 0.25) is 0 Å². The molecule has 0 saturated carbocycles. The summed E-state index contributed by atoms with van der Waals surface area (Å²) in [6.07, 6.45) is 3.54. The van der Waals surface area contributed by atoms with Crippen LogP contribution < -0.4 is 5.32 Å². The number of nitrogens with one attached hydrogen (secondary N) is 1. The average Bonchev–Trinajstić information content (AvgIpc) is 2.92. The van der Waals surface area contributed by atoms with Crippen molar-refractivity contribution >= 4 is 28.2 Å². The van der Waals surface area contributed by atoms with Gasteiger partial charge in [-0.3, -0.25) is 9.48 Å². The van der Waals surface area contributed by atoms with Crippen molar-refractivity contribution in [3.63, 3.8) is 0 Å². The normalized spacial score (nSPS) is 10.4. The van der Waals surface area contributed by atoms with E-state index in [0.29, 0.717) is 11.7 Å². The Labute approximate surface area is 112 Å². The highest BCUT2D eigenvalue weighted by atomic mass is 32.1. The van der Waals surface area contributed by atoms with Gasteiger partial charge in [-0.25, -0.2) is 9.78 Å². The van der Waals surface area contributed by atoms with E-state index in [1.165, 1.54) is 6.92 Å². The van der Waals surface area contributed by atoms with Crippen LogP contribution in [0.4, 0.5) is 5.13 Å². The number of carbonyl (C=O) groups is 2. The molecular formula is C11H12N4O3S. The molecule has 8 heteroatoms. The molecule has 100 valence electrons. The van der Waals surface area contributed by atoms with Gasteiger partial charge in [-0.15, -0.1) is 0 Å². The minimum absolute atomic E-state index is 0.154. The number of rotatable bonds is 5. The number of aromatic nitrogens is 3. The molecule has 0 radical (unpaired) electrons. The molecule has 0 atom stereocenters. The third kappa shape index (κ3) is 2.97. The molecule has 2 aromatic heterocycles. The zero-order valence-corrected chi connectivity index (χ0v) is 11.2. The smallest absolute Gasteiger partial charge is 0.356 e. The second kappa shape index (κ2) is 5.19. The first-order chi connectivity index (χ1) is 8.97. The Kier molecular flexibility index (Phi) is 3.61. The SMILES string of the molecule is CC(=O)c1sc(NCc2cnn(C)c2)nc1C(=O)O. The quantitative estimate of drug-likeness (QED) is 0.803. The Morgan fingerprint density at radius 3 is 2.74 bits per heavy atom. The summed E-state index contributed by atoms with van der Waals surface area (Å²) in [6, 6.07) is 0. The van der Waals surface area contributed by atoms with Gasteiger partial charge in [0.15, 0.2) is 16.6 Å². The minimum Gasteiger partial charge on any atom is -0.476 e. The fraction of sp³-hybridized carbons (Fsp3) is 0.273. The van der Waals surface area contributed by atoms with Crippen molar-refractivity contribution in [3.8, 4) is 0 Å². The number of carboxylic acids is 1. The van der Waals surface area contributed by atoms with Gasteiger partial charge in [0.25, 0.3) is 0 Å². The number of hydrogen-bond donors (Lipinski definition) is 2. The third-order valence-corrected chi connectivity index (χ3v) is 3.47. The molecule has 0 amide bonds. The lowest BCUT2D eigenvalue weighted by Crippen LogP contribution is -2.04. The highest BCUT2D eigenvalue weighted by Gasteiger charge is 2.20. The van der Waals surface area contributed by atoms with Crippen LogP contribution in [0.5, 0.6) is 0 Å². The number of ketones is 1. The summed E-state index contributed by atoms with van der Waals surface area (Å²) < 4.78 is 1.67. The molecule has 19 heavy (non-hydrogen) atoms. The summed E-state index contributed by atoms with van der Waals surface area (Å²) in [6.45, 7) is 1.79. The van der Waals surface area contributed by atoms with Crippen molar-refractivity contribution in [3.05, 3.63) is 28.5 Å². The van der Waals surface area contributed by atoms with E-state index in [0.717, 1.165) is 16.9 Å². The summed E-state index contributed by atoms with van der Waals surface area (Å²) in [5.74, 6) is -1.50. The summed E-state index contributed by atoms with van der Waals surface area (Å²) in [7, 11) is 1.81. The number of carboxylic acid groups (broad SMARTS) is 1. The van der Waals surface area contributed by atoms with E-state index < -0.39 is 5.97 Å². The van der Waals surface area contributed by atoms with E-state index in [1.807, 2.05) is 13.2 Å². The molecule has 0 spiro atoms. The van der Waals surface area contributed by atoms with Crippen LogP contribution in [-0.4, -0.2) is 31.6 Å². The lowest BCUT2D eigenvalue weighted by Gasteiger charge is -1.98. The number of Topliss-reactive ketones (excluding diaryl/α,β-unsaturated/α-hetero) is 1. The Morgan fingerprint density at radius 1 is 1.53 bits per heavy atom. The van der Waals surface area contributed by atoms with Crippen LogP contribution in [0.15, 0.2) is 12.4 Å². The maximum absolute atomic E-state index is 11.3. The van der Waals surface area contributed by atoms with Crippen LogP contribution in [0.3, 0.4) is 0 Å². The van der Waals surface area contributed by atoms with Gasteiger partial charge in [-0.2, -0.15) is 5.10 Å². The minimum atomic E-state index is -1.20. The van der Waals surface area contributed by atoms with Crippen molar-refractivity contribution in [1.82, 2.24) is 14.8 Å². The maximum atomic E-state index is 11.3. The molecule has 2 N–H and O–H groups in total. The first kappa shape index (κ1) is 13.2. The van der Waals surface area contributed by atoms with Gasteiger partial charge >= 0.3 is 5.97 Å². The van der Waals surface area contributed by atoms with Crippen LogP contribution in [0, 0.1) is 0 Å². The van der Waals surface area contributed by atoms with Crippen molar-refractivity contribution in [2.75, 3.05) is 5.32 Å². The van der Waals surface area contributed by atoms with Gasteiger partial charge in [0.1, 0.15) is 4.88 Å². The fourth-order valence-electron chi connectivity index (χ4n) is 1.52. The molecule has 0 aliphatic carbocycles. The lowest BCUT2D eigenvalue weighted by atomic mass is 10.3. The molecule has 2 aromatic rings. The topological polar surface area (TPSA) is 97.1 Å². The zero-order chi connectivity index (χ0) is 14.0. The highest BCUT2D eigenvalue weighted by molar-refractivity contribution is 7.17. The Bertz CT molecular complexity index is 600. The van der Waals surface area contributed by atoms with Gasteiger partial charge in [0.2, 0.25) is 0 Å². The molecule has 0 aliphatic heterocycles. The van der Waals surface area contributed by atoms with Crippen molar-refractivity contribution in [1.29, 1.82) is 0 Å². The second-order valence-corrected chi connectivity index (χ2v) is 4.93.